The highest BCUT2D eigenvalue weighted by molar-refractivity contribution is 6.00. The molecule has 1 heterocycles. The van der Waals surface area contributed by atoms with Crippen molar-refractivity contribution in [1.29, 1.82) is 0 Å². The molecule has 0 saturated carbocycles. The first kappa shape index (κ1) is 21.3. The number of alkyl halides is 3. The number of hydrogen-bond acceptors (Lipinski definition) is 4. The number of rotatable bonds is 4. The molecule has 1 N–H and O–H groups in total. The van der Waals surface area contributed by atoms with Gasteiger partial charge in [-0.05, 0) is 49.7 Å². The topological polar surface area (TPSA) is 68.3 Å². The van der Waals surface area contributed by atoms with Crippen molar-refractivity contribution in [2.75, 3.05) is 7.11 Å². The molecule has 0 bridgehead atoms. The Kier molecular flexibility index (Phi) is 5.78. The minimum atomic E-state index is -4.41. The number of pyridine rings is 1. The summed E-state index contributed by atoms with van der Waals surface area (Å²) in [5.74, 6) is -1.03. The van der Waals surface area contributed by atoms with E-state index in [0.29, 0.717) is 22.3 Å². The van der Waals surface area contributed by atoms with Gasteiger partial charge in [-0.25, -0.2) is 9.78 Å². The van der Waals surface area contributed by atoms with Gasteiger partial charge in [-0.15, -0.1) is 0 Å². The van der Waals surface area contributed by atoms with Crippen LogP contribution in [0.5, 0.6) is 0 Å². The van der Waals surface area contributed by atoms with Gasteiger partial charge < -0.3 is 10.1 Å². The molecule has 2 aromatic carbocycles. The molecule has 8 heteroatoms. The number of esters is 1. The molecule has 0 radical (unpaired) electrons. The third-order valence-corrected chi connectivity index (χ3v) is 4.69. The average molecular weight is 416 g/mol. The first-order valence-corrected chi connectivity index (χ1v) is 9.08. The summed E-state index contributed by atoms with van der Waals surface area (Å²) in [6.45, 7) is 3.37. The maximum Gasteiger partial charge on any atom is 0.416 e. The van der Waals surface area contributed by atoms with E-state index in [4.69, 9.17) is 0 Å². The van der Waals surface area contributed by atoms with Crippen LogP contribution in [-0.4, -0.2) is 30.0 Å². The number of hydrogen-bond donors (Lipinski definition) is 1. The van der Waals surface area contributed by atoms with E-state index >= 15 is 0 Å². The zero-order valence-corrected chi connectivity index (χ0v) is 16.5. The summed E-state index contributed by atoms with van der Waals surface area (Å²) in [5, 5.41) is 3.35. The van der Waals surface area contributed by atoms with Gasteiger partial charge in [0.15, 0.2) is 0 Å². The number of nitrogens with zero attached hydrogens (tertiary/aromatic N) is 1. The first-order valence-electron chi connectivity index (χ1n) is 9.08. The van der Waals surface area contributed by atoms with Gasteiger partial charge in [-0.2, -0.15) is 13.2 Å². The number of methoxy groups -OCH3 is 1. The van der Waals surface area contributed by atoms with Crippen LogP contribution in [0.1, 0.15) is 28.4 Å². The van der Waals surface area contributed by atoms with E-state index in [9.17, 15) is 22.8 Å². The maximum atomic E-state index is 12.8. The molecule has 30 heavy (non-hydrogen) atoms. The molecule has 3 aromatic rings. The van der Waals surface area contributed by atoms with Crippen LogP contribution in [0.3, 0.4) is 0 Å². The fourth-order valence-corrected chi connectivity index (χ4v) is 3.04. The van der Waals surface area contributed by atoms with Crippen LogP contribution in [-0.2, 0) is 15.7 Å². The van der Waals surface area contributed by atoms with Gasteiger partial charge in [-0.3, -0.25) is 4.79 Å². The van der Waals surface area contributed by atoms with Crippen LogP contribution in [0.25, 0.3) is 22.2 Å². The Morgan fingerprint density at radius 3 is 2.33 bits per heavy atom. The number of carbonyl (C=O) groups excluding carboxylic acids is 2. The molecule has 1 amide bonds. The Morgan fingerprint density at radius 1 is 1.07 bits per heavy atom. The Hall–Kier alpha value is -3.42. The van der Waals surface area contributed by atoms with Crippen molar-refractivity contribution in [2.24, 2.45) is 0 Å². The minimum absolute atomic E-state index is 0.301. The third-order valence-electron chi connectivity index (χ3n) is 4.69. The fourth-order valence-electron chi connectivity index (χ4n) is 3.04. The largest absolute Gasteiger partial charge is 0.467 e. The SMILES string of the molecule is COC(=O)[C@@H](C)NC(=O)c1ccc2c(C)cc(-c3ccc(C(F)(F)F)cc3)nc2c1. The first-order chi connectivity index (χ1) is 14.1. The molecule has 0 saturated heterocycles. The molecule has 1 atom stereocenters. The van der Waals surface area contributed by atoms with Crippen LogP contribution in [0, 0.1) is 6.92 Å². The molecule has 1 aromatic heterocycles. The Bertz CT molecular complexity index is 1110. The summed E-state index contributed by atoms with van der Waals surface area (Å²) in [6, 6.07) is 10.7. The lowest BCUT2D eigenvalue weighted by atomic mass is 10.0. The van der Waals surface area contributed by atoms with E-state index in [2.05, 4.69) is 15.0 Å². The van der Waals surface area contributed by atoms with Crippen LogP contribution < -0.4 is 5.32 Å². The molecule has 0 aliphatic rings. The molecule has 3 rings (SSSR count). The highest BCUT2D eigenvalue weighted by Crippen LogP contribution is 2.31. The van der Waals surface area contributed by atoms with Gasteiger partial charge in [0.2, 0.25) is 0 Å². The number of fused-ring (bicyclic) bond motifs is 1. The van der Waals surface area contributed by atoms with Crippen molar-refractivity contribution in [1.82, 2.24) is 10.3 Å². The Labute approximate surface area is 170 Å². The molecule has 156 valence electrons. The number of aromatic nitrogens is 1. The molecule has 0 aliphatic heterocycles. The van der Waals surface area contributed by atoms with Gasteiger partial charge in [0, 0.05) is 16.5 Å². The summed E-state index contributed by atoms with van der Waals surface area (Å²) in [4.78, 5) is 28.5. The minimum Gasteiger partial charge on any atom is -0.467 e. The molecular formula is C22H19F3N2O3. The third kappa shape index (κ3) is 4.42. The number of halogens is 3. The van der Waals surface area contributed by atoms with E-state index in [0.717, 1.165) is 23.1 Å². The summed E-state index contributed by atoms with van der Waals surface area (Å²) in [7, 11) is 1.23. The van der Waals surface area contributed by atoms with Gasteiger partial charge in [0.05, 0.1) is 23.9 Å². The predicted molar refractivity (Wildman–Crippen MR) is 106 cm³/mol. The maximum absolute atomic E-state index is 12.8. The number of carbonyl (C=O) groups is 2. The van der Waals surface area contributed by atoms with Gasteiger partial charge >= 0.3 is 12.1 Å². The molecule has 0 aliphatic carbocycles. The lowest BCUT2D eigenvalue weighted by molar-refractivity contribution is -0.142. The van der Waals surface area contributed by atoms with Crippen LogP contribution in [0.4, 0.5) is 13.2 Å². The van der Waals surface area contributed by atoms with Gasteiger partial charge in [-0.1, -0.05) is 18.2 Å². The van der Waals surface area contributed by atoms with Crippen molar-refractivity contribution in [3.63, 3.8) is 0 Å². The van der Waals surface area contributed by atoms with Crippen molar-refractivity contribution in [3.8, 4) is 11.3 Å². The average Bonchev–Trinajstić information content (AvgIpc) is 2.72. The van der Waals surface area contributed by atoms with Crippen molar-refractivity contribution in [3.05, 3.63) is 65.2 Å². The van der Waals surface area contributed by atoms with Crippen molar-refractivity contribution in [2.45, 2.75) is 26.1 Å². The van der Waals surface area contributed by atoms with Crippen molar-refractivity contribution < 1.29 is 27.5 Å². The van der Waals surface area contributed by atoms with Gasteiger partial charge in [0.25, 0.3) is 5.91 Å². The molecular weight excluding hydrogens is 397 g/mol. The quantitative estimate of drug-likeness (QED) is 0.635. The highest BCUT2D eigenvalue weighted by Gasteiger charge is 2.30. The van der Waals surface area contributed by atoms with Crippen LogP contribution >= 0.6 is 0 Å². The lowest BCUT2D eigenvalue weighted by Crippen LogP contribution is -2.39. The summed E-state index contributed by atoms with van der Waals surface area (Å²) in [5.41, 5.74) is 1.97. The Morgan fingerprint density at radius 2 is 1.73 bits per heavy atom. The monoisotopic (exact) mass is 416 g/mol. The molecule has 0 fully saturated rings. The second kappa shape index (κ2) is 8.14. The number of aryl methyl sites for hydroxylation is 1. The van der Waals surface area contributed by atoms with E-state index in [1.54, 1.807) is 24.3 Å². The van der Waals surface area contributed by atoms with Crippen molar-refractivity contribution >= 4 is 22.8 Å². The second-order valence-electron chi connectivity index (χ2n) is 6.85. The van der Waals surface area contributed by atoms with Crippen LogP contribution in [0.15, 0.2) is 48.5 Å². The lowest BCUT2D eigenvalue weighted by Gasteiger charge is -2.13. The molecule has 0 unspecified atom stereocenters. The van der Waals surface area contributed by atoms with E-state index in [-0.39, 0.29) is 0 Å². The van der Waals surface area contributed by atoms with E-state index in [1.807, 2.05) is 6.92 Å². The zero-order valence-electron chi connectivity index (χ0n) is 16.5. The molecule has 0 spiro atoms. The Balaban J connectivity index is 1.95. The van der Waals surface area contributed by atoms with E-state index < -0.39 is 29.7 Å². The normalized spacial score (nSPS) is 12.5. The van der Waals surface area contributed by atoms with E-state index in [1.165, 1.54) is 26.2 Å². The summed E-state index contributed by atoms with van der Waals surface area (Å²) >= 11 is 0. The smallest absolute Gasteiger partial charge is 0.416 e. The summed E-state index contributed by atoms with van der Waals surface area (Å²) < 4.78 is 43.0. The summed E-state index contributed by atoms with van der Waals surface area (Å²) in [6.07, 6.45) is -4.41. The number of ether oxygens (including phenoxy) is 1. The number of amides is 1. The molecule has 5 nitrogen and oxygen atoms in total. The number of benzene rings is 2. The second-order valence-corrected chi connectivity index (χ2v) is 6.85. The zero-order chi connectivity index (χ0) is 22.1. The fraction of sp³-hybridized carbons (Fsp3) is 0.227. The van der Waals surface area contributed by atoms with Gasteiger partial charge in [0.1, 0.15) is 6.04 Å². The van der Waals surface area contributed by atoms with Crippen LogP contribution in [0.2, 0.25) is 0 Å². The predicted octanol–water partition coefficient (Wildman–Crippen LogP) is 4.52. The highest BCUT2D eigenvalue weighted by atomic mass is 19.4. The number of nitrogens with one attached hydrogen (secondary N) is 1. The standard InChI is InChI=1S/C22H19F3N2O3/c1-12-10-18(14-4-7-16(8-5-14)22(23,24)25)27-19-11-15(6-9-17(12)19)20(28)26-13(2)21(29)30-3/h4-11,13H,1-3H3,(H,26,28)/t13-/m1/s1.